The van der Waals surface area contributed by atoms with Gasteiger partial charge in [0.25, 0.3) is 11.8 Å². The molecule has 1 aliphatic rings. The molecule has 3 aromatic carbocycles. The van der Waals surface area contributed by atoms with Crippen molar-refractivity contribution in [2.75, 3.05) is 10.2 Å². The second-order valence-corrected chi connectivity index (χ2v) is 9.10. The first-order valence-electron chi connectivity index (χ1n) is 10.8. The van der Waals surface area contributed by atoms with Gasteiger partial charge in [-0.05, 0) is 86.3 Å². The van der Waals surface area contributed by atoms with Crippen LogP contribution in [-0.2, 0) is 9.59 Å². The highest BCUT2D eigenvalue weighted by molar-refractivity contribution is 6.53. The SMILES string of the molecule is Cc1ccc(N2C(=O)C(Cl)=C(Nc3ccc(C(=O)Oc4c(C)ccc(C)c4C)cc3)C2=O)cc1Cl. The van der Waals surface area contributed by atoms with Crippen LogP contribution in [0, 0.1) is 27.7 Å². The Morgan fingerprint density at radius 1 is 0.829 bits per heavy atom. The molecule has 35 heavy (non-hydrogen) atoms. The topological polar surface area (TPSA) is 75.7 Å². The minimum absolute atomic E-state index is 0.0605. The fourth-order valence-electron chi connectivity index (χ4n) is 3.63. The van der Waals surface area contributed by atoms with Gasteiger partial charge in [0.1, 0.15) is 16.5 Å². The number of amides is 2. The number of imide groups is 1. The Balaban J connectivity index is 1.51. The second-order valence-electron chi connectivity index (χ2n) is 8.31. The number of halogens is 2. The zero-order chi connectivity index (χ0) is 25.4. The number of hydrogen-bond donors (Lipinski definition) is 1. The summed E-state index contributed by atoms with van der Waals surface area (Å²) in [5, 5.41) is 3.08. The molecule has 4 rings (SSSR count). The lowest BCUT2D eigenvalue weighted by Gasteiger charge is -2.16. The van der Waals surface area contributed by atoms with E-state index in [0.717, 1.165) is 27.2 Å². The summed E-state index contributed by atoms with van der Waals surface area (Å²) >= 11 is 12.4. The van der Waals surface area contributed by atoms with Crippen LogP contribution in [0.15, 0.2) is 65.3 Å². The van der Waals surface area contributed by atoms with Crippen molar-refractivity contribution in [1.29, 1.82) is 0 Å². The number of rotatable bonds is 5. The van der Waals surface area contributed by atoms with Crippen LogP contribution in [0.5, 0.6) is 5.75 Å². The number of aryl methyl sites for hydroxylation is 3. The van der Waals surface area contributed by atoms with Gasteiger partial charge in [0.2, 0.25) is 0 Å². The predicted octanol–water partition coefficient (Wildman–Crippen LogP) is 6.23. The molecule has 178 valence electrons. The Morgan fingerprint density at radius 3 is 2.11 bits per heavy atom. The van der Waals surface area contributed by atoms with Crippen LogP contribution in [0.1, 0.15) is 32.6 Å². The Morgan fingerprint density at radius 2 is 1.46 bits per heavy atom. The summed E-state index contributed by atoms with van der Waals surface area (Å²) in [6.07, 6.45) is 0. The van der Waals surface area contributed by atoms with Crippen molar-refractivity contribution >= 4 is 52.4 Å². The molecule has 0 aliphatic carbocycles. The van der Waals surface area contributed by atoms with Gasteiger partial charge in [-0.1, -0.05) is 41.4 Å². The highest BCUT2D eigenvalue weighted by Crippen LogP contribution is 2.32. The van der Waals surface area contributed by atoms with E-state index in [2.05, 4.69) is 5.32 Å². The largest absolute Gasteiger partial charge is 0.422 e. The molecule has 1 aliphatic heterocycles. The molecule has 0 spiro atoms. The van der Waals surface area contributed by atoms with Gasteiger partial charge in [0, 0.05) is 10.7 Å². The van der Waals surface area contributed by atoms with Crippen LogP contribution < -0.4 is 15.0 Å². The van der Waals surface area contributed by atoms with Crippen molar-refractivity contribution in [2.24, 2.45) is 0 Å². The summed E-state index contributed by atoms with van der Waals surface area (Å²) in [5.74, 6) is -1.21. The standard InChI is InChI=1S/C27H22Cl2N2O4/c1-14-5-6-16(3)24(17(14)4)35-27(34)18-8-10-19(11-9-18)30-23-22(29)25(32)31(26(23)33)20-12-7-15(2)21(28)13-20/h5-13,30H,1-4H3. The van der Waals surface area contributed by atoms with Crippen LogP contribution in [0.2, 0.25) is 5.02 Å². The number of nitrogens with one attached hydrogen (secondary N) is 1. The molecule has 0 radical (unpaired) electrons. The van der Waals surface area contributed by atoms with E-state index in [1.54, 1.807) is 36.4 Å². The fourth-order valence-corrected chi connectivity index (χ4v) is 4.02. The molecule has 0 fully saturated rings. The molecule has 0 atom stereocenters. The summed E-state index contributed by atoms with van der Waals surface area (Å²) in [6.45, 7) is 7.56. The molecule has 1 N–H and O–H groups in total. The van der Waals surface area contributed by atoms with Gasteiger partial charge in [0.05, 0.1) is 11.3 Å². The van der Waals surface area contributed by atoms with Gasteiger partial charge in [-0.15, -0.1) is 0 Å². The number of carbonyl (C=O) groups excluding carboxylic acids is 3. The van der Waals surface area contributed by atoms with E-state index in [0.29, 0.717) is 27.7 Å². The highest BCUT2D eigenvalue weighted by atomic mass is 35.5. The lowest BCUT2D eigenvalue weighted by molar-refractivity contribution is -0.120. The Kier molecular flexibility index (Phi) is 6.70. The van der Waals surface area contributed by atoms with Crippen LogP contribution in [0.25, 0.3) is 0 Å². The fraction of sp³-hybridized carbons (Fsp3) is 0.148. The summed E-state index contributed by atoms with van der Waals surface area (Å²) in [4.78, 5) is 39.3. The maximum Gasteiger partial charge on any atom is 0.343 e. The van der Waals surface area contributed by atoms with Gasteiger partial charge in [0.15, 0.2) is 0 Å². The van der Waals surface area contributed by atoms with Crippen molar-refractivity contribution in [2.45, 2.75) is 27.7 Å². The molecule has 6 nitrogen and oxygen atoms in total. The monoisotopic (exact) mass is 508 g/mol. The minimum Gasteiger partial charge on any atom is -0.422 e. The summed E-state index contributed by atoms with van der Waals surface area (Å²) in [6, 6.07) is 15.1. The predicted molar refractivity (Wildman–Crippen MR) is 137 cm³/mol. The number of ether oxygens (including phenoxy) is 1. The van der Waals surface area contributed by atoms with Gasteiger partial charge in [-0.25, -0.2) is 9.69 Å². The molecule has 8 heteroatoms. The van der Waals surface area contributed by atoms with E-state index >= 15 is 0 Å². The van der Waals surface area contributed by atoms with Crippen LogP contribution in [0.4, 0.5) is 11.4 Å². The van der Waals surface area contributed by atoms with Crippen molar-refractivity contribution in [3.05, 3.63) is 98.2 Å². The van der Waals surface area contributed by atoms with E-state index in [9.17, 15) is 14.4 Å². The van der Waals surface area contributed by atoms with Crippen molar-refractivity contribution < 1.29 is 19.1 Å². The Bertz CT molecular complexity index is 1410. The van der Waals surface area contributed by atoms with Crippen molar-refractivity contribution in [3.8, 4) is 5.75 Å². The third-order valence-electron chi connectivity index (χ3n) is 5.90. The van der Waals surface area contributed by atoms with Crippen LogP contribution >= 0.6 is 23.2 Å². The third-order valence-corrected chi connectivity index (χ3v) is 6.66. The second kappa shape index (κ2) is 9.56. The maximum absolute atomic E-state index is 13.0. The first-order chi connectivity index (χ1) is 16.6. The summed E-state index contributed by atoms with van der Waals surface area (Å²) < 4.78 is 5.64. The van der Waals surface area contributed by atoms with Gasteiger partial charge < -0.3 is 10.1 Å². The quantitative estimate of drug-likeness (QED) is 0.251. The molecule has 3 aromatic rings. The Hall–Kier alpha value is -3.61. The summed E-state index contributed by atoms with van der Waals surface area (Å²) in [7, 11) is 0. The number of benzene rings is 3. The van der Waals surface area contributed by atoms with Crippen LogP contribution in [-0.4, -0.2) is 17.8 Å². The average molecular weight is 509 g/mol. The van der Waals surface area contributed by atoms with Crippen LogP contribution in [0.3, 0.4) is 0 Å². The number of anilines is 2. The normalized spacial score (nSPS) is 13.5. The highest BCUT2D eigenvalue weighted by Gasteiger charge is 2.39. The minimum atomic E-state index is -0.650. The number of nitrogens with zero attached hydrogens (tertiary/aromatic N) is 1. The summed E-state index contributed by atoms with van der Waals surface area (Å²) in [5.41, 5.74) is 4.69. The lowest BCUT2D eigenvalue weighted by atomic mass is 10.1. The van der Waals surface area contributed by atoms with Gasteiger partial charge >= 0.3 is 5.97 Å². The van der Waals surface area contributed by atoms with Crippen molar-refractivity contribution in [1.82, 2.24) is 0 Å². The van der Waals surface area contributed by atoms with E-state index in [1.165, 1.54) is 6.07 Å². The molecule has 0 saturated carbocycles. The Labute approximate surface area is 213 Å². The molecule has 2 amide bonds. The smallest absolute Gasteiger partial charge is 0.343 e. The molecular formula is C27H22Cl2N2O4. The lowest BCUT2D eigenvalue weighted by Crippen LogP contribution is -2.32. The molecule has 0 saturated heterocycles. The van der Waals surface area contributed by atoms with Crippen molar-refractivity contribution in [3.63, 3.8) is 0 Å². The van der Waals surface area contributed by atoms with Gasteiger partial charge in [-0.3, -0.25) is 9.59 Å². The molecule has 1 heterocycles. The van der Waals surface area contributed by atoms with E-state index in [1.807, 2.05) is 39.8 Å². The molecule has 0 bridgehead atoms. The zero-order valence-corrected chi connectivity index (χ0v) is 21.0. The van der Waals surface area contributed by atoms with E-state index < -0.39 is 17.8 Å². The van der Waals surface area contributed by atoms with Gasteiger partial charge in [-0.2, -0.15) is 0 Å². The maximum atomic E-state index is 13.0. The van der Waals surface area contributed by atoms with E-state index in [-0.39, 0.29) is 10.7 Å². The molecule has 0 unspecified atom stereocenters. The number of carbonyl (C=O) groups is 3. The molecular weight excluding hydrogens is 487 g/mol. The zero-order valence-electron chi connectivity index (χ0n) is 19.5. The average Bonchev–Trinajstić information content (AvgIpc) is 3.04. The van der Waals surface area contributed by atoms with E-state index in [4.69, 9.17) is 27.9 Å². The third kappa shape index (κ3) is 4.67. The first-order valence-corrected chi connectivity index (χ1v) is 11.5. The first kappa shape index (κ1) is 24.5. The number of esters is 1. The number of hydrogen-bond acceptors (Lipinski definition) is 5. The molecule has 0 aromatic heterocycles.